The van der Waals surface area contributed by atoms with E-state index in [-0.39, 0.29) is 12.1 Å². The molecule has 3 nitrogen and oxygen atoms in total. The highest BCUT2D eigenvalue weighted by molar-refractivity contribution is 5.66. The summed E-state index contributed by atoms with van der Waals surface area (Å²) in [7, 11) is 0. The number of carbonyl (C=O) groups is 1. The third kappa shape index (κ3) is 8.57. The van der Waals surface area contributed by atoms with E-state index in [0.717, 1.165) is 32.3 Å². The third-order valence-corrected chi connectivity index (χ3v) is 4.42. The first-order valence-corrected chi connectivity index (χ1v) is 8.91. The highest BCUT2D eigenvalue weighted by Gasteiger charge is 2.20. The second-order valence-corrected chi connectivity index (χ2v) is 6.92. The van der Waals surface area contributed by atoms with E-state index < -0.39 is 0 Å². The van der Waals surface area contributed by atoms with Crippen molar-refractivity contribution in [2.75, 3.05) is 6.61 Å². The molecule has 1 aliphatic rings. The van der Waals surface area contributed by atoms with Crippen LogP contribution >= 0.6 is 0 Å². The quantitative estimate of drug-likeness (QED) is 0.465. The largest absolute Gasteiger partial charge is 0.462 e. The molecule has 22 heavy (non-hydrogen) atoms. The average molecular weight is 310 g/mol. The Morgan fingerprint density at radius 3 is 2.73 bits per heavy atom. The summed E-state index contributed by atoms with van der Waals surface area (Å²) < 4.78 is 11.4. The molecule has 0 saturated carbocycles. The Hall–Kier alpha value is -0.830. The van der Waals surface area contributed by atoms with Crippen LogP contribution in [0.4, 0.5) is 0 Å². The molecule has 128 valence electrons. The Morgan fingerprint density at radius 2 is 2.05 bits per heavy atom. The van der Waals surface area contributed by atoms with Crippen LogP contribution in [0.3, 0.4) is 0 Å². The summed E-state index contributed by atoms with van der Waals surface area (Å²) in [4.78, 5) is 11.3. The predicted octanol–water partition coefficient (Wildman–Crippen LogP) is 5.04. The Bertz CT molecular complexity index is 337. The lowest BCUT2D eigenvalue weighted by Gasteiger charge is -2.23. The molecule has 0 aliphatic carbocycles. The van der Waals surface area contributed by atoms with Crippen molar-refractivity contribution in [3.05, 3.63) is 11.6 Å². The summed E-state index contributed by atoms with van der Waals surface area (Å²) in [6.07, 6.45) is 11.8. The Balaban J connectivity index is 2.35. The number of carbonyl (C=O) groups excluding carboxylic acids is 1. The SMILES string of the molecule is CC(=O)OC(CC=C(C)C)C(C)CCCC1CCCCCO1. The van der Waals surface area contributed by atoms with Gasteiger partial charge in [-0.05, 0) is 45.4 Å². The smallest absolute Gasteiger partial charge is 0.302 e. The van der Waals surface area contributed by atoms with Crippen LogP contribution < -0.4 is 0 Å². The molecule has 3 heteroatoms. The van der Waals surface area contributed by atoms with E-state index in [4.69, 9.17) is 9.47 Å². The number of hydrogen-bond acceptors (Lipinski definition) is 3. The lowest BCUT2D eigenvalue weighted by Crippen LogP contribution is -2.24. The average Bonchev–Trinajstić information content (AvgIpc) is 2.71. The lowest BCUT2D eigenvalue weighted by atomic mass is 9.93. The second-order valence-electron chi connectivity index (χ2n) is 6.92. The number of hydrogen-bond donors (Lipinski definition) is 0. The Morgan fingerprint density at radius 1 is 1.27 bits per heavy atom. The monoisotopic (exact) mass is 310 g/mol. The highest BCUT2D eigenvalue weighted by atomic mass is 16.5. The van der Waals surface area contributed by atoms with Gasteiger partial charge in [0, 0.05) is 20.0 Å². The molecule has 0 N–H and O–H groups in total. The Labute approximate surface area is 136 Å². The minimum Gasteiger partial charge on any atom is -0.462 e. The van der Waals surface area contributed by atoms with E-state index in [1.165, 1.54) is 38.2 Å². The fourth-order valence-electron chi connectivity index (χ4n) is 3.03. The minimum atomic E-state index is -0.175. The zero-order chi connectivity index (χ0) is 16.4. The highest BCUT2D eigenvalue weighted by Crippen LogP contribution is 2.23. The van der Waals surface area contributed by atoms with Gasteiger partial charge in [0.2, 0.25) is 0 Å². The predicted molar refractivity (Wildman–Crippen MR) is 90.8 cm³/mol. The maximum atomic E-state index is 11.3. The first kappa shape index (κ1) is 19.2. The molecular weight excluding hydrogens is 276 g/mol. The van der Waals surface area contributed by atoms with Crippen LogP contribution in [0.1, 0.15) is 79.1 Å². The first-order valence-electron chi connectivity index (χ1n) is 8.91. The molecule has 1 fully saturated rings. The van der Waals surface area contributed by atoms with Crippen molar-refractivity contribution in [1.29, 1.82) is 0 Å². The molecule has 0 aromatic carbocycles. The molecule has 3 unspecified atom stereocenters. The molecule has 0 aromatic rings. The second kappa shape index (κ2) is 10.8. The maximum Gasteiger partial charge on any atom is 0.302 e. The van der Waals surface area contributed by atoms with E-state index in [0.29, 0.717) is 12.0 Å². The molecule has 0 spiro atoms. The zero-order valence-corrected chi connectivity index (χ0v) is 14.9. The van der Waals surface area contributed by atoms with Gasteiger partial charge in [-0.2, -0.15) is 0 Å². The van der Waals surface area contributed by atoms with Crippen LogP contribution in [-0.4, -0.2) is 24.8 Å². The van der Waals surface area contributed by atoms with E-state index >= 15 is 0 Å². The Kier molecular flexibility index (Phi) is 9.45. The van der Waals surface area contributed by atoms with Crippen LogP contribution in [0.5, 0.6) is 0 Å². The van der Waals surface area contributed by atoms with Crippen LogP contribution in [-0.2, 0) is 14.3 Å². The van der Waals surface area contributed by atoms with Gasteiger partial charge in [0.25, 0.3) is 0 Å². The van der Waals surface area contributed by atoms with Gasteiger partial charge in [-0.1, -0.05) is 37.8 Å². The van der Waals surface area contributed by atoms with E-state index in [1.807, 2.05) is 0 Å². The van der Waals surface area contributed by atoms with Gasteiger partial charge in [0.05, 0.1) is 6.10 Å². The number of allylic oxidation sites excluding steroid dienone is 1. The summed E-state index contributed by atoms with van der Waals surface area (Å²) in [5.41, 5.74) is 1.27. The van der Waals surface area contributed by atoms with Gasteiger partial charge in [0.15, 0.2) is 0 Å². The van der Waals surface area contributed by atoms with Gasteiger partial charge < -0.3 is 9.47 Å². The number of rotatable bonds is 8. The van der Waals surface area contributed by atoms with Gasteiger partial charge >= 0.3 is 5.97 Å². The molecule has 1 saturated heterocycles. The summed E-state index contributed by atoms with van der Waals surface area (Å²) in [6.45, 7) is 8.79. The molecule has 1 heterocycles. The van der Waals surface area contributed by atoms with Gasteiger partial charge in [-0.25, -0.2) is 0 Å². The van der Waals surface area contributed by atoms with Gasteiger partial charge in [0.1, 0.15) is 6.10 Å². The lowest BCUT2D eigenvalue weighted by molar-refractivity contribution is -0.148. The fraction of sp³-hybridized carbons (Fsp3) is 0.842. The molecular formula is C19H34O3. The minimum absolute atomic E-state index is 0.00227. The van der Waals surface area contributed by atoms with Crippen LogP contribution in [0, 0.1) is 5.92 Å². The number of esters is 1. The van der Waals surface area contributed by atoms with E-state index in [9.17, 15) is 4.79 Å². The molecule has 0 amide bonds. The topological polar surface area (TPSA) is 35.5 Å². The molecule has 0 bridgehead atoms. The molecule has 1 aliphatic heterocycles. The van der Waals surface area contributed by atoms with Crippen molar-refractivity contribution in [3.63, 3.8) is 0 Å². The van der Waals surface area contributed by atoms with Crippen molar-refractivity contribution >= 4 is 5.97 Å². The summed E-state index contributed by atoms with van der Waals surface area (Å²) in [6, 6.07) is 0. The molecule has 3 atom stereocenters. The van der Waals surface area contributed by atoms with Crippen molar-refractivity contribution < 1.29 is 14.3 Å². The zero-order valence-electron chi connectivity index (χ0n) is 14.9. The molecule has 0 aromatic heterocycles. The standard InChI is InChI=1S/C19H34O3/c1-15(2)12-13-19(22-17(4)20)16(3)9-8-11-18-10-6-5-7-14-21-18/h12,16,18-19H,5-11,13-14H2,1-4H3. The van der Waals surface area contributed by atoms with Crippen molar-refractivity contribution in [3.8, 4) is 0 Å². The summed E-state index contributed by atoms with van der Waals surface area (Å²) in [5.74, 6) is 0.219. The van der Waals surface area contributed by atoms with Crippen molar-refractivity contribution in [1.82, 2.24) is 0 Å². The summed E-state index contributed by atoms with van der Waals surface area (Å²) in [5, 5.41) is 0. The maximum absolute atomic E-state index is 11.3. The number of ether oxygens (including phenoxy) is 2. The molecule has 0 radical (unpaired) electrons. The van der Waals surface area contributed by atoms with Gasteiger partial charge in [-0.3, -0.25) is 4.79 Å². The normalized spacial score (nSPS) is 21.5. The van der Waals surface area contributed by atoms with E-state index in [2.05, 4.69) is 26.8 Å². The van der Waals surface area contributed by atoms with Crippen LogP contribution in [0.25, 0.3) is 0 Å². The molecule has 1 rings (SSSR count). The summed E-state index contributed by atoms with van der Waals surface area (Å²) >= 11 is 0. The van der Waals surface area contributed by atoms with Gasteiger partial charge in [-0.15, -0.1) is 0 Å². The van der Waals surface area contributed by atoms with E-state index in [1.54, 1.807) is 0 Å². The van der Waals surface area contributed by atoms with Crippen molar-refractivity contribution in [2.45, 2.75) is 91.3 Å². The van der Waals surface area contributed by atoms with Crippen LogP contribution in [0.15, 0.2) is 11.6 Å². The first-order chi connectivity index (χ1) is 10.5. The third-order valence-electron chi connectivity index (χ3n) is 4.42. The fourth-order valence-corrected chi connectivity index (χ4v) is 3.03. The van der Waals surface area contributed by atoms with Crippen molar-refractivity contribution in [2.24, 2.45) is 5.92 Å². The van der Waals surface area contributed by atoms with Crippen LogP contribution in [0.2, 0.25) is 0 Å².